The van der Waals surface area contributed by atoms with Crippen LogP contribution < -0.4 is 0 Å². The minimum Gasteiger partial charge on any atom is -0.481 e. The van der Waals surface area contributed by atoms with Gasteiger partial charge in [-0.2, -0.15) is 0 Å². The molecule has 242 valence electrons. The molecule has 0 radical (unpaired) electrons. The molecule has 3 heteroatoms. The van der Waals surface area contributed by atoms with Crippen molar-refractivity contribution in [3.05, 3.63) is 53.6 Å². The van der Waals surface area contributed by atoms with Crippen molar-refractivity contribution in [3.63, 3.8) is 0 Å². The van der Waals surface area contributed by atoms with E-state index in [1.54, 1.807) is 0 Å². The van der Waals surface area contributed by atoms with Crippen molar-refractivity contribution in [2.45, 2.75) is 131 Å². The number of carbonyl (C=O) groups is 1. The second-order valence-corrected chi connectivity index (χ2v) is 18.5. The van der Waals surface area contributed by atoms with Gasteiger partial charge in [0.1, 0.15) is 0 Å². The summed E-state index contributed by atoms with van der Waals surface area (Å²) in [5, 5.41) is 21.9. The van der Waals surface area contributed by atoms with Crippen molar-refractivity contribution in [1.29, 1.82) is 0 Å². The predicted octanol–water partition coefficient (Wildman–Crippen LogP) is 10.1. The molecule has 0 amide bonds. The summed E-state index contributed by atoms with van der Waals surface area (Å²) in [6.07, 6.45) is 14.4. The Morgan fingerprint density at radius 1 is 0.841 bits per heavy atom. The van der Waals surface area contributed by atoms with E-state index in [1.165, 1.54) is 30.4 Å². The maximum Gasteiger partial charge on any atom is 0.309 e. The second-order valence-electron chi connectivity index (χ2n) is 18.5. The fourth-order valence-corrected chi connectivity index (χ4v) is 12.8. The van der Waals surface area contributed by atoms with Crippen molar-refractivity contribution in [3.8, 4) is 0 Å². The number of allylic oxidation sites excluding steroid dienone is 2. The molecule has 0 bridgehead atoms. The number of aliphatic carboxylic acids is 1. The Morgan fingerprint density at radius 2 is 1.52 bits per heavy atom. The molecular formula is C41H60O3. The third-order valence-electron chi connectivity index (χ3n) is 15.6. The molecule has 6 rings (SSSR count). The van der Waals surface area contributed by atoms with Crippen LogP contribution in [0.5, 0.6) is 0 Å². The Bertz CT molecular complexity index is 1330. The summed E-state index contributed by atoms with van der Waals surface area (Å²) >= 11 is 0. The number of rotatable bonds is 4. The molecule has 2 N–H and O–H groups in total. The first-order valence-electron chi connectivity index (χ1n) is 17.8. The van der Waals surface area contributed by atoms with Crippen LogP contribution >= 0.6 is 0 Å². The Morgan fingerprint density at radius 3 is 2.16 bits per heavy atom. The molecule has 0 spiro atoms. The van der Waals surface area contributed by atoms with Crippen LogP contribution in [0.3, 0.4) is 0 Å². The normalized spacial score (nSPS) is 44.8. The lowest BCUT2D eigenvalue weighted by Crippen LogP contribution is -2.67. The van der Waals surface area contributed by atoms with Gasteiger partial charge in [0.25, 0.3) is 0 Å². The predicted molar refractivity (Wildman–Crippen MR) is 181 cm³/mol. The molecule has 5 aliphatic carbocycles. The smallest absolute Gasteiger partial charge is 0.309 e. The Balaban J connectivity index is 1.31. The van der Waals surface area contributed by atoms with E-state index < -0.39 is 11.4 Å². The topological polar surface area (TPSA) is 57.5 Å². The Hall–Kier alpha value is -1.87. The van der Waals surface area contributed by atoms with Crippen LogP contribution in [0.2, 0.25) is 0 Å². The first-order valence-corrected chi connectivity index (χ1v) is 17.8. The highest BCUT2D eigenvalue weighted by atomic mass is 16.4. The molecule has 5 saturated carbocycles. The maximum absolute atomic E-state index is 13.2. The summed E-state index contributed by atoms with van der Waals surface area (Å²) in [5.41, 5.74) is 3.61. The van der Waals surface area contributed by atoms with Gasteiger partial charge in [0, 0.05) is 0 Å². The van der Waals surface area contributed by atoms with Gasteiger partial charge in [-0.05, 0) is 132 Å². The number of carboxylic acid groups (broad SMARTS) is 1. The third-order valence-corrected chi connectivity index (χ3v) is 15.6. The summed E-state index contributed by atoms with van der Waals surface area (Å²) in [7, 11) is 0. The van der Waals surface area contributed by atoms with Gasteiger partial charge in [-0.3, -0.25) is 4.79 Å². The van der Waals surface area contributed by atoms with Gasteiger partial charge in [0.05, 0.1) is 11.5 Å². The van der Waals surface area contributed by atoms with Crippen LogP contribution in [0.25, 0.3) is 6.08 Å². The molecule has 44 heavy (non-hydrogen) atoms. The second kappa shape index (κ2) is 10.3. The lowest BCUT2D eigenvalue weighted by atomic mass is 9.32. The van der Waals surface area contributed by atoms with Crippen molar-refractivity contribution in [1.82, 2.24) is 0 Å². The molecule has 1 aromatic carbocycles. The number of fused-ring (bicyclic) bond motifs is 7. The van der Waals surface area contributed by atoms with Crippen LogP contribution in [0.4, 0.5) is 0 Å². The fraction of sp³-hybridized carbons (Fsp3) is 0.732. The highest BCUT2D eigenvalue weighted by Crippen LogP contribution is 2.77. The lowest BCUT2D eigenvalue weighted by Gasteiger charge is -2.72. The van der Waals surface area contributed by atoms with E-state index in [0.29, 0.717) is 17.8 Å². The first kappa shape index (κ1) is 32.1. The summed E-state index contributed by atoms with van der Waals surface area (Å²) < 4.78 is 0. The summed E-state index contributed by atoms with van der Waals surface area (Å²) in [6, 6.07) is 8.84. The summed E-state index contributed by atoms with van der Waals surface area (Å²) in [5.74, 6) is 1.37. The van der Waals surface area contributed by atoms with Gasteiger partial charge in [-0.15, -0.1) is 0 Å². The van der Waals surface area contributed by atoms with E-state index in [0.717, 1.165) is 50.5 Å². The zero-order chi connectivity index (χ0) is 32.1. The number of aliphatic hydroxyl groups excluding tert-OH is 1. The van der Waals surface area contributed by atoms with Crippen LogP contribution in [0.15, 0.2) is 42.5 Å². The zero-order valence-electron chi connectivity index (χ0n) is 29.0. The fourth-order valence-electron chi connectivity index (χ4n) is 12.8. The molecule has 3 nitrogen and oxygen atoms in total. The number of hydrogen-bond donors (Lipinski definition) is 2. The van der Waals surface area contributed by atoms with Crippen LogP contribution in [-0.2, 0) is 10.2 Å². The van der Waals surface area contributed by atoms with E-state index in [4.69, 9.17) is 0 Å². The van der Waals surface area contributed by atoms with Crippen LogP contribution in [0, 0.1) is 56.7 Å². The standard InChI is InChI=1S/C41H60O3/c1-26(10-11-27-12-14-28(15-13-27)36(2,3)4)29-18-23-41(35(43)44)25-24-39(8)30(34(29)41)16-17-32-38(7)21-20-33(42)37(5,6)31(38)19-22-40(32,39)9/h10-15,29-34,42H,1,16-25H2,2-9H3,(H,43,44)/b11-10+/t29-,30+,31-,32+,33-,34+,38-,39+,40+,41-/m0/s1. The highest BCUT2D eigenvalue weighted by molar-refractivity contribution is 5.76. The monoisotopic (exact) mass is 600 g/mol. The Kier molecular flexibility index (Phi) is 7.52. The molecule has 5 fully saturated rings. The largest absolute Gasteiger partial charge is 0.481 e. The quantitative estimate of drug-likeness (QED) is 0.338. The van der Waals surface area contributed by atoms with Crippen molar-refractivity contribution in [2.75, 3.05) is 0 Å². The number of benzene rings is 1. The molecule has 0 heterocycles. The molecule has 0 aromatic heterocycles. The highest BCUT2D eigenvalue weighted by Gasteiger charge is 2.72. The molecule has 0 aliphatic heterocycles. The van der Waals surface area contributed by atoms with Crippen LogP contribution in [-0.4, -0.2) is 22.3 Å². The minimum atomic E-state index is -0.624. The van der Waals surface area contributed by atoms with Gasteiger partial charge in [0.2, 0.25) is 0 Å². The summed E-state index contributed by atoms with van der Waals surface area (Å²) in [4.78, 5) is 13.2. The molecule has 1 aromatic rings. The van der Waals surface area contributed by atoms with Gasteiger partial charge in [0.15, 0.2) is 0 Å². The number of aliphatic hydroxyl groups is 1. The van der Waals surface area contributed by atoms with E-state index >= 15 is 0 Å². The molecule has 5 aliphatic rings. The average Bonchev–Trinajstić information content (AvgIpc) is 3.35. The SMILES string of the molecule is C=C(/C=C/c1ccc(C(C)(C)C)cc1)[C@@H]1CC[C@]2(C(=O)O)CC[C@]3(C)[C@H](CC[C@@H]4[C@@]5(C)CC[C@H](O)C(C)(C)[C@@H]5CC[C@]43C)[C@@H]12. The minimum absolute atomic E-state index is 0.0508. The maximum atomic E-state index is 13.2. The van der Waals surface area contributed by atoms with Gasteiger partial charge < -0.3 is 10.2 Å². The van der Waals surface area contributed by atoms with E-state index in [9.17, 15) is 15.0 Å². The number of hydrogen-bond acceptors (Lipinski definition) is 2. The Labute approximate surface area is 268 Å². The van der Waals surface area contributed by atoms with Crippen molar-refractivity contribution >= 4 is 12.0 Å². The van der Waals surface area contributed by atoms with E-state index in [1.807, 2.05) is 0 Å². The van der Waals surface area contributed by atoms with Crippen molar-refractivity contribution in [2.24, 2.45) is 56.7 Å². The van der Waals surface area contributed by atoms with Crippen LogP contribution in [0.1, 0.15) is 131 Å². The van der Waals surface area contributed by atoms with Crippen molar-refractivity contribution < 1.29 is 15.0 Å². The van der Waals surface area contributed by atoms with Gasteiger partial charge >= 0.3 is 5.97 Å². The van der Waals surface area contributed by atoms with Gasteiger partial charge in [-0.25, -0.2) is 0 Å². The summed E-state index contributed by atoms with van der Waals surface area (Å²) in [6.45, 7) is 23.8. The van der Waals surface area contributed by atoms with E-state index in [-0.39, 0.29) is 45.0 Å². The number of carboxylic acids is 1. The van der Waals surface area contributed by atoms with E-state index in [2.05, 4.69) is 98.4 Å². The molecule has 10 atom stereocenters. The molecule has 0 unspecified atom stereocenters. The average molecular weight is 601 g/mol. The molecule has 0 saturated heterocycles. The third kappa shape index (κ3) is 4.40. The zero-order valence-corrected chi connectivity index (χ0v) is 29.0. The van der Waals surface area contributed by atoms with Gasteiger partial charge in [-0.1, -0.05) is 104 Å². The lowest BCUT2D eigenvalue weighted by molar-refractivity contribution is -0.248. The molecular weight excluding hydrogens is 540 g/mol. The first-order chi connectivity index (χ1) is 20.4.